The van der Waals surface area contributed by atoms with Gasteiger partial charge in [-0.05, 0) is 30.7 Å². The molecule has 6 nitrogen and oxygen atoms in total. The summed E-state index contributed by atoms with van der Waals surface area (Å²) in [4.78, 5) is 33.4. The normalized spacial score (nSPS) is 11.6. The first-order valence-electron chi connectivity index (χ1n) is 5.47. The number of hydrogen-bond acceptors (Lipinski definition) is 3. The molecule has 0 aliphatic heterocycles. The Bertz CT molecular complexity index is 487. The van der Waals surface area contributed by atoms with Gasteiger partial charge in [-0.15, -0.1) is 0 Å². The van der Waals surface area contributed by atoms with Gasteiger partial charge in [-0.2, -0.15) is 0 Å². The van der Waals surface area contributed by atoms with Crippen LogP contribution in [0.2, 0.25) is 0 Å². The summed E-state index contributed by atoms with van der Waals surface area (Å²) >= 11 is 3.23. The molecule has 1 rings (SSSR count). The van der Waals surface area contributed by atoms with Crippen molar-refractivity contribution in [2.24, 2.45) is 5.73 Å². The van der Waals surface area contributed by atoms with E-state index in [2.05, 4.69) is 21.2 Å². The molecule has 1 atom stereocenters. The predicted molar refractivity (Wildman–Crippen MR) is 71.5 cm³/mol. The van der Waals surface area contributed by atoms with Crippen LogP contribution in [-0.2, 0) is 9.59 Å². The number of halogens is 1. The molecular formula is C12H13BrN2O4. The fraction of sp³-hybridized carbons (Fsp3) is 0.250. The number of hydrogen-bond donors (Lipinski definition) is 3. The van der Waals surface area contributed by atoms with Crippen molar-refractivity contribution in [1.82, 2.24) is 5.32 Å². The Morgan fingerprint density at radius 1 is 1.26 bits per heavy atom. The molecule has 0 radical (unpaired) electrons. The lowest BCUT2D eigenvalue weighted by molar-refractivity contribution is -0.139. The lowest BCUT2D eigenvalue weighted by Crippen LogP contribution is -2.41. The highest BCUT2D eigenvalue weighted by Gasteiger charge is 2.21. The third-order valence-electron chi connectivity index (χ3n) is 2.39. The van der Waals surface area contributed by atoms with Gasteiger partial charge in [0.2, 0.25) is 5.91 Å². The van der Waals surface area contributed by atoms with Gasteiger partial charge in [-0.25, -0.2) is 4.79 Å². The molecule has 0 spiro atoms. The molecule has 0 bridgehead atoms. The number of amides is 2. The highest BCUT2D eigenvalue weighted by atomic mass is 79.9. The van der Waals surface area contributed by atoms with E-state index in [0.717, 1.165) is 4.47 Å². The van der Waals surface area contributed by atoms with Crippen LogP contribution in [0.15, 0.2) is 28.7 Å². The molecule has 1 aromatic rings. The zero-order chi connectivity index (χ0) is 14.4. The summed E-state index contributed by atoms with van der Waals surface area (Å²) in [6.07, 6.45) is -0.134. The maximum Gasteiger partial charge on any atom is 0.326 e. The van der Waals surface area contributed by atoms with Crippen molar-refractivity contribution >= 4 is 33.7 Å². The molecule has 0 aromatic heterocycles. The molecule has 102 valence electrons. The van der Waals surface area contributed by atoms with E-state index < -0.39 is 23.8 Å². The molecule has 0 heterocycles. The molecule has 0 saturated carbocycles. The number of aliphatic carboxylic acids is 1. The monoisotopic (exact) mass is 328 g/mol. The maximum atomic E-state index is 11.8. The molecule has 0 saturated heterocycles. The molecule has 19 heavy (non-hydrogen) atoms. The van der Waals surface area contributed by atoms with E-state index in [0.29, 0.717) is 5.56 Å². The SMILES string of the molecule is NC(=O)CCC(NC(=O)c1ccc(Br)cc1)C(=O)O. The summed E-state index contributed by atoms with van der Waals surface area (Å²) in [6.45, 7) is 0. The van der Waals surface area contributed by atoms with Gasteiger partial charge in [0.25, 0.3) is 5.91 Å². The van der Waals surface area contributed by atoms with E-state index >= 15 is 0 Å². The van der Waals surface area contributed by atoms with Gasteiger partial charge in [0.15, 0.2) is 0 Å². The van der Waals surface area contributed by atoms with Crippen LogP contribution in [0.1, 0.15) is 23.2 Å². The topological polar surface area (TPSA) is 109 Å². The summed E-state index contributed by atoms with van der Waals surface area (Å²) in [7, 11) is 0. The summed E-state index contributed by atoms with van der Waals surface area (Å²) in [6, 6.07) is 5.34. The van der Waals surface area contributed by atoms with Gasteiger partial charge in [-0.3, -0.25) is 9.59 Å². The molecule has 0 aliphatic carbocycles. The van der Waals surface area contributed by atoms with E-state index in [1.165, 1.54) is 0 Å². The first-order chi connectivity index (χ1) is 8.90. The summed E-state index contributed by atoms with van der Waals surface area (Å²) in [5, 5.41) is 11.3. The smallest absolute Gasteiger partial charge is 0.326 e. The molecule has 0 fully saturated rings. The van der Waals surface area contributed by atoms with Crippen LogP contribution in [0.25, 0.3) is 0 Å². The Hall–Kier alpha value is -1.89. The van der Waals surface area contributed by atoms with Gasteiger partial charge in [0.1, 0.15) is 6.04 Å². The molecular weight excluding hydrogens is 316 g/mol. The second kappa shape index (κ2) is 6.89. The van der Waals surface area contributed by atoms with Gasteiger partial charge in [0, 0.05) is 16.5 Å². The van der Waals surface area contributed by atoms with Gasteiger partial charge in [0.05, 0.1) is 0 Å². The van der Waals surface area contributed by atoms with Gasteiger partial charge >= 0.3 is 5.97 Å². The number of carboxylic acids is 1. The van der Waals surface area contributed by atoms with Crippen LogP contribution in [0, 0.1) is 0 Å². The lowest BCUT2D eigenvalue weighted by atomic mass is 10.1. The van der Waals surface area contributed by atoms with Crippen LogP contribution in [-0.4, -0.2) is 28.9 Å². The van der Waals surface area contributed by atoms with E-state index in [1.807, 2.05) is 0 Å². The third kappa shape index (κ3) is 5.09. The number of carboxylic acid groups (broad SMARTS) is 1. The Morgan fingerprint density at radius 2 is 1.84 bits per heavy atom. The fourth-order valence-corrected chi connectivity index (χ4v) is 1.65. The zero-order valence-corrected chi connectivity index (χ0v) is 11.5. The zero-order valence-electron chi connectivity index (χ0n) is 9.93. The van der Waals surface area contributed by atoms with E-state index in [1.54, 1.807) is 24.3 Å². The van der Waals surface area contributed by atoms with Crippen molar-refractivity contribution in [3.05, 3.63) is 34.3 Å². The molecule has 1 aromatic carbocycles. The molecule has 0 aliphatic rings. The number of benzene rings is 1. The Balaban J connectivity index is 2.68. The summed E-state index contributed by atoms with van der Waals surface area (Å²) in [5.41, 5.74) is 5.29. The molecule has 1 unspecified atom stereocenters. The van der Waals surface area contributed by atoms with E-state index in [4.69, 9.17) is 10.8 Å². The van der Waals surface area contributed by atoms with E-state index in [9.17, 15) is 14.4 Å². The maximum absolute atomic E-state index is 11.8. The Kier molecular flexibility index (Phi) is 5.50. The molecule has 7 heteroatoms. The first-order valence-corrected chi connectivity index (χ1v) is 6.27. The largest absolute Gasteiger partial charge is 0.480 e. The number of carbonyl (C=O) groups excluding carboxylic acids is 2. The quantitative estimate of drug-likeness (QED) is 0.720. The second-order valence-corrected chi connectivity index (χ2v) is 4.79. The van der Waals surface area contributed by atoms with Crippen molar-refractivity contribution in [2.75, 3.05) is 0 Å². The van der Waals surface area contributed by atoms with Crippen LogP contribution in [0.5, 0.6) is 0 Å². The van der Waals surface area contributed by atoms with Crippen molar-refractivity contribution < 1.29 is 19.5 Å². The number of nitrogens with one attached hydrogen (secondary N) is 1. The average molecular weight is 329 g/mol. The molecule has 4 N–H and O–H groups in total. The highest BCUT2D eigenvalue weighted by molar-refractivity contribution is 9.10. The predicted octanol–water partition coefficient (Wildman–Crippen LogP) is 0.898. The van der Waals surface area contributed by atoms with Crippen molar-refractivity contribution in [1.29, 1.82) is 0 Å². The minimum absolute atomic E-state index is 0.0348. The minimum atomic E-state index is -1.20. The van der Waals surface area contributed by atoms with Crippen LogP contribution >= 0.6 is 15.9 Å². The number of primary amides is 1. The second-order valence-electron chi connectivity index (χ2n) is 3.88. The van der Waals surface area contributed by atoms with E-state index in [-0.39, 0.29) is 12.8 Å². The average Bonchev–Trinajstić information content (AvgIpc) is 2.34. The summed E-state index contributed by atoms with van der Waals surface area (Å²) < 4.78 is 0.813. The third-order valence-corrected chi connectivity index (χ3v) is 2.92. The Morgan fingerprint density at radius 3 is 2.32 bits per heavy atom. The van der Waals surface area contributed by atoms with Gasteiger partial charge < -0.3 is 16.2 Å². The lowest BCUT2D eigenvalue weighted by Gasteiger charge is -2.13. The van der Waals surface area contributed by atoms with Crippen LogP contribution < -0.4 is 11.1 Å². The first kappa shape index (κ1) is 15.2. The van der Waals surface area contributed by atoms with Gasteiger partial charge in [-0.1, -0.05) is 15.9 Å². The van der Waals surface area contributed by atoms with Crippen molar-refractivity contribution in [3.63, 3.8) is 0 Å². The molecule has 2 amide bonds. The highest BCUT2D eigenvalue weighted by Crippen LogP contribution is 2.11. The number of nitrogens with two attached hydrogens (primary N) is 1. The van der Waals surface area contributed by atoms with Crippen molar-refractivity contribution in [2.45, 2.75) is 18.9 Å². The standard InChI is InChI=1S/C12H13BrN2O4/c13-8-3-1-7(2-4-8)11(17)15-9(12(18)19)5-6-10(14)16/h1-4,9H,5-6H2,(H2,14,16)(H,15,17)(H,18,19). The van der Waals surface area contributed by atoms with Crippen molar-refractivity contribution in [3.8, 4) is 0 Å². The summed E-state index contributed by atoms with van der Waals surface area (Å²) in [5.74, 6) is -2.32. The Labute approximate surface area is 118 Å². The number of rotatable bonds is 6. The van der Waals surface area contributed by atoms with Crippen LogP contribution in [0.3, 0.4) is 0 Å². The minimum Gasteiger partial charge on any atom is -0.480 e. The van der Waals surface area contributed by atoms with Crippen LogP contribution in [0.4, 0.5) is 0 Å². The number of carbonyl (C=O) groups is 3. The fourth-order valence-electron chi connectivity index (χ4n) is 1.39.